The van der Waals surface area contributed by atoms with Crippen molar-refractivity contribution in [2.45, 2.75) is 51.0 Å². The molecule has 1 heterocycles. The average Bonchev–Trinajstić information content (AvgIpc) is 3.16. The molecule has 0 spiro atoms. The van der Waals surface area contributed by atoms with E-state index in [1.165, 1.54) is 51.6 Å². The lowest BCUT2D eigenvalue weighted by Crippen LogP contribution is -2.42. The molecule has 132 valence electrons. The molecule has 1 aromatic rings. The SMILES string of the molecule is COc1ccc(CC(=O)NCC2CCN(C3CCCC3)CC2)cc1. The molecule has 3 rings (SSSR count). The lowest BCUT2D eigenvalue weighted by molar-refractivity contribution is -0.120. The van der Waals surface area contributed by atoms with Gasteiger partial charge in [-0.25, -0.2) is 0 Å². The molecular weight excluding hydrogens is 300 g/mol. The van der Waals surface area contributed by atoms with Gasteiger partial charge in [-0.3, -0.25) is 4.79 Å². The van der Waals surface area contributed by atoms with E-state index in [1.807, 2.05) is 24.3 Å². The Morgan fingerprint density at radius 2 is 1.79 bits per heavy atom. The summed E-state index contributed by atoms with van der Waals surface area (Å²) in [5.74, 6) is 1.59. The van der Waals surface area contributed by atoms with E-state index in [-0.39, 0.29) is 5.91 Å². The van der Waals surface area contributed by atoms with Crippen molar-refractivity contribution in [3.8, 4) is 5.75 Å². The number of hydrogen-bond donors (Lipinski definition) is 1. The molecule has 24 heavy (non-hydrogen) atoms. The predicted molar refractivity (Wildman–Crippen MR) is 96.3 cm³/mol. The van der Waals surface area contributed by atoms with E-state index < -0.39 is 0 Å². The van der Waals surface area contributed by atoms with Gasteiger partial charge >= 0.3 is 0 Å². The maximum absolute atomic E-state index is 12.1. The summed E-state index contributed by atoms with van der Waals surface area (Å²) in [4.78, 5) is 14.8. The summed E-state index contributed by atoms with van der Waals surface area (Å²) in [6.07, 6.45) is 8.49. The Morgan fingerprint density at radius 3 is 2.42 bits per heavy atom. The van der Waals surface area contributed by atoms with E-state index in [2.05, 4.69) is 10.2 Å². The molecule has 2 aliphatic rings. The summed E-state index contributed by atoms with van der Waals surface area (Å²) >= 11 is 0. The second-order valence-electron chi connectivity index (χ2n) is 7.25. The number of amides is 1. The van der Waals surface area contributed by atoms with Gasteiger partial charge in [-0.05, 0) is 62.4 Å². The molecule has 1 saturated heterocycles. The first-order valence-electron chi connectivity index (χ1n) is 9.38. The molecule has 0 radical (unpaired) electrons. The molecule has 1 amide bonds. The minimum atomic E-state index is 0.124. The van der Waals surface area contributed by atoms with Gasteiger partial charge in [-0.1, -0.05) is 25.0 Å². The molecule has 0 aromatic heterocycles. The standard InChI is InChI=1S/C20H30N2O2/c1-24-19-8-6-16(7-9-19)14-20(23)21-15-17-10-12-22(13-11-17)18-4-2-3-5-18/h6-9,17-18H,2-5,10-15H2,1H3,(H,21,23). The van der Waals surface area contributed by atoms with Crippen LogP contribution in [0, 0.1) is 5.92 Å². The zero-order chi connectivity index (χ0) is 16.8. The van der Waals surface area contributed by atoms with Gasteiger partial charge in [0.15, 0.2) is 0 Å². The summed E-state index contributed by atoms with van der Waals surface area (Å²) in [5, 5.41) is 3.13. The second-order valence-corrected chi connectivity index (χ2v) is 7.25. The number of carbonyl (C=O) groups is 1. The first kappa shape index (κ1) is 17.3. The Bertz CT molecular complexity index is 515. The smallest absolute Gasteiger partial charge is 0.224 e. The molecule has 1 saturated carbocycles. The highest BCUT2D eigenvalue weighted by molar-refractivity contribution is 5.78. The summed E-state index contributed by atoms with van der Waals surface area (Å²) < 4.78 is 5.14. The lowest BCUT2D eigenvalue weighted by Gasteiger charge is -2.36. The fraction of sp³-hybridized carbons (Fsp3) is 0.650. The first-order chi connectivity index (χ1) is 11.7. The van der Waals surface area contributed by atoms with Crippen LogP contribution in [0.4, 0.5) is 0 Å². The number of piperidine rings is 1. The molecular formula is C20H30N2O2. The third-order valence-electron chi connectivity index (χ3n) is 5.60. The van der Waals surface area contributed by atoms with Crippen molar-refractivity contribution in [2.75, 3.05) is 26.7 Å². The van der Waals surface area contributed by atoms with Crippen LogP contribution in [0.25, 0.3) is 0 Å². The molecule has 2 fully saturated rings. The summed E-state index contributed by atoms with van der Waals surface area (Å²) in [6, 6.07) is 8.57. The zero-order valence-corrected chi connectivity index (χ0v) is 14.8. The van der Waals surface area contributed by atoms with Gasteiger partial charge in [0, 0.05) is 12.6 Å². The molecule has 1 N–H and O–H groups in total. The van der Waals surface area contributed by atoms with Crippen LogP contribution in [0.1, 0.15) is 44.1 Å². The van der Waals surface area contributed by atoms with Gasteiger partial charge in [0.2, 0.25) is 5.91 Å². The van der Waals surface area contributed by atoms with Crippen LogP contribution < -0.4 is 10.1 Å². The van der Waals surface area contributed by atoms with Crippen molar-refractivity contribution in [1.29, 1.82) is 0 Å². The van der Waals surface area contributed by atoms with Crippen LogP contribution in [0.2, 0.25) is 0 Å². The zero-order valence-electron chi connectivity index (χ0n) is 14.8. The summed E-state index contributed by atoms with van der Waals surface area (Å²) in [5.41, 5.74) is 1.03. The van der Waals surface area contributed by atoms with Crippen LogP contribution in [0.5, 0.6) is 5.75 Å². The minimum absolute atomic E-state index is 0.124. The van der Waals surface area contributed by atoms with Crippen molar-refractivity contribution >= 4 is 5.91 Å². The van der Waals surface area contributed by atoms with E-state index in [4.69, 9.17) is 4.74 Å². The Hall–Kier alpha value is -1.55. The first-order valence-corrected chi connectivity index (χ1v) is 9.38. The predicted octanol–water partition coefficient (Wildman–Crippen LogP) is 3.01. The fourth-order valence-corrected chi connectivity index (χ4v) is 4.04. The number of hydrogen-bond acceptors (Lipinski definition) is 3. The monoisotopic (exact) mass is 330 g/mol. The Labute approximate surface area is 145 Å². The van der Waals surface area contributed by atoms with Crippen LogP contribution in [0.15, 0.2) is 24.3 Å². The third-order valence-corrected chi connectivity index (χ3v) is 5.60. The largest absolute Gasteiger partial charge is 0.497 e. The fourth-order valence-electron chi connectivity index (χ4n) is 4.04. The van der Waals surface area contributed by atoms with Gasteiger partial charge in [-0.15, -0.1) is 0 Å². The molecule has 1 aliphatic carbocycles. The molecule has 0 atom stereocenters. The van der Waals surface area contributed by atoms with Crippen molar-refractivity contribution in [1.82, 2.24) is 10.2 Å². The van der Waals surface area contributed by atoms with Gasteiger partial charge in [0.05, 0.1) is 13.5 Å². The molecule has 0 unspecified atom stereocenters. The quantitative estimate of drug-likeness (QED) is 0.872. The second kappa shape index (κ2) is 8.52. The van der Waals surface area contributed by atoms with E-state index >= 15 is 0 Å². The molecule has 1 aliphatic heterocycles. The number of benzene rings is 1. The number of ether oxygens (including phenoxy) is 1. The Morgan fingerprint density at radius 1 is 1.12 bits per heavy atom. The van der Waals surface area contributed by atoms with Crippen LogP contribution in [-0.2, 0) is 11.2 Å². The number of methoxy groups -OCH3 is 1. The highest BCUT2D eigenvalue weighted by atomic mass is 16.5. The molecule has 4 nitrogen and oxygen atoms in total. The van der Waals surface area contributed by atoms with Crippen molar-refractivity contribution in [3.05, 3.63) is 29.8 Å². The maximum Gasteiger partial charge on any atom is 0.224 e. The van der Waals surface area contributed by atoms with Gasteiger partial charge in [-0.2, -0.15) is 0 Å². The van der Waals surface area contributed by atoms with Crippen molar-refractivity contribution < 1.29 is 9.53 Å². The molecule has 0 bridgehead atoms. The van der Waals surface area contributed by atoms with Gasteiger partial charge in [0.25, 0.3) is 0 Å². The maximum atomic E-state index is 12.1. The molecule has 1 aromatic carbocycles. The van der Waals surface area contributed by atoms with Crippen molar-refractivity contribution in [2.24, 2.45) is 5.92 Å². The number of rotatable bonds is 6. The van der Waals surface area contributed by atoms with E-state index in [1.54, 1.807) is 7.11 Å². The van der Waals surface area contributed by atoms with Crippen LogP contribution in [-0.4, -0.2) is 43.6 Å². The van der Waals surface area contributed by atoms with Gasteiger partial charge in [0.1, 0.15) is 5.75 Å². The number of carbonyl (C=O) groups excluding carboxylic acids is 1. The van der Waals surface area contributed by atoms with Crippen LogP contribution in [0.3, 0.4) is 0 Å². The lowest BCUT2D eigenvalue weighted by atomic mass is 9.95. The number of nitrogens with one attached hydrogen (secondary N) is 1. The normalized spacial score (nSPS) is 20.2. The highest BCUT2D eigenvalue weighted by Crippen LogP contribution is 2.27. The van der Waals surface area contributed by atoms with E-state index in [0.717, 1.165) is 23.9 Å². The van der Waals surface area contributed by atoms with Gasteiger partial charge < -0.3 is 15.0 Å². The highest BCUT2D eigenvalue weighted by Gasteiger charge is 2.27. The number of likely N-dealkylation sites (tertiary alicyclic amines) is 1. The van der Waals surface area contributed by atoms with E-state index in [9.17, 15) is 4.79 Å². The number of nitrogens with zero attached hydrogens (tertiary/aromatic N) is 1. The topological polar surface area (TPSA) is 41.6 Å². The Balaban J connectivity index is 1.35. The Kier molecular flexibility index (Phi) is 6.13. The van der Waals surface area contributed by atoms with Crippen molar-refractivity contribution in [3.63, 3.8) is 0 Å². The average molecular weight is 330 g/mol. The summed E-state index contributed by atoms with van der Waals surface area (Å²) in [7, 11) is 1.65. The van der Waals surface area contributed by atoms with Crippen LogP contribution >= 0.6 is 0 Å². The third kappa shape index (κ3) is 4.73. The minimum Gasteiger partial charge on any atom is -0.497 e. The summed E-state index contributed by atoms with van der Waals surface area (Å²) in [6.45, 7) is 3.25. The van der Waals surface area contributed by atoms with E-state index in [0.29, 0.717) is 12.3 Å². The molecule has 4 heteroatoms.